The first-order valence-corrected chi connectivity index (χ1v) is 9.08. The highest BCUT2D eigenvalue weighted by atomic mass is 16.5. The fourth-order valence-corrected chi connectivity index (χ4v) is 3.79. The number of rotatable bonds is 4. The third-order valence-electron chi connectivity index (χ3n) is 5.13. The largest absolute Gasteiger partial charge is 0.495 e. The lowest BCUT2D eigenvalue weighted by Gasteiger charge is -2.29. The van der Waals surface area contributed by atoms with Gasteiger partial charge in [-0.3, -0.25) is 0 Å². The number of anilines is 1. The van der Waals surface area contributed by atoms with E-state index in [1.807, 2.05) is 30.0 Å². The number of carbonyl (C=O) groups excluding carboxylic acids is 1. The van der Waals surface area contributed by atoms with Crippen LogP contribution in [0.25, 0.3) is 0 Å². The molecular weight excluding hydrogens is 302 g/mol. The zero-order valence-electron chi connectivity index (χ0n) is 14.9. The molecule has 2 aliphatic rings. The van der Waals surface area contributed by atoms with Gasteiger partial charge in [0, 0.05) is 19.6 Å². The molecule has 1 atom stereocenters. The minimum Gasteiger partial charge on any atom is -0.495 e. The minimum atomic E-state index is -0.0138. The van der Waals surface area contributed by atoms with Crippen molar-refractivity contribution in [2.75, 3.05) is 45.2 Å². The molecule has 2 saturated heterocycles. The predicted octanol–water partition coefficient (Wildman–Crippen LogP) is 3.34. The van der Waals surface area contributed by atoms with Crippen LogP contribution in [0, 0.1) is 12.8 Å². The first-order chi connectivity index (χ1) is 11.7. The Morgan fingerprint density at radius 1 is 1.25 bits per heavy atom. The second kappa shape index (κ2) is 7.88. The number of amides is 2. The van der Waals surface area contributed by atoms with Gasteiger partial charge in [0.1, 0.15) is 5.75 Å². The average Bonchev–Trinajstić information content (AvgIpc) is 3.05. The van der Waals surface area contributed by atoms with Crippen LogP contribution in [-0.2, 0) is 0 Å². The molecule has 132 valence electrons. The molecular formula is C19H29N3O2. The van der Waals surface area contributed by atoms with Gasteiger partial charge < -0.3 is 19.9 Å². The van der Waals surface area contributed by atoms with E-state index in [2.05, 4.69) is 10.2 Å². The van der Waals surface area contributed by atoms with Crippen LogP contribution in [0.15, 0.2) is 18.2 Å². The summed E-state index contributed by atoms with van der Waals surface area (Å²) in [5.74, 6) is 1.31. The van der Waals surface area contributed by atoms with E-state index in [9.17, 15) is 4.79 Å². The summed E-state index contributed by atoms with van der Waals surface area (Å²) in [6, 6.07) is 5.82. The van der Waals surface area contributed by atoms with E-state index >= 15 is 0 Å². The summed E-state index contributed by atoms with van der Waals surface area (Å²) < 4.78 is 5.35. The highest BCUT2D eigenvalue weighted by molar-refractivity contribution is 5.91. The van der Waals surface area contributed by atoms with Crippen molar-refractivity contribution < 1.29 is 9.53 Å². The molecule has 1 aromatic rings. The first kappa shape index (κ1) is 17.1. The molecule has 3 rings (SSSR count). The first-order valence-electron chi connectivity index (χ1n) is 9.08. The maximum Gasteiger partial charge on any atom is 0.321 e. The summed E-state index contributed by atoms with van der Waals surface area (Å²) in [5.41, 5.74) is 1.86. The smallest absolute Gasteiger partial charge is 0.321 e. The molecule has 0 unspecified atom stereocenters. The Morgan fingerprint density at radius 3 is 2.79 bits per heavy atom. The lowest BCUT2D eigenvalue weighted by atomic mass is 10.1. The minimum absolute atomic E-state index is 0.0138. The van der Waals surface area contributed by atoms with Crippen LogP contribution < -0.4 is 10.1 Å². The van der Waals surface area contributed by atoms with E-state index in [0.29, 0.717) is 11.7 Å². The number of nitrogens with one attached hydrogen (secondary N) is 1. The van der Waals surface area contributed by atoms with Crippen molar-refractivity contribution in [1.82, 2.24) is 9.80 Å². The monoisotopic (exact) mass is 331 g/mol. The second-order valence-corrected chi connectivity index (χ2v) is 7.10. The Bertz CT molecular complexity index is 570. The molecule has 2 heterocycles. The van der Waals surface area contributed by atoms with Crippen molar-refractivity contribution in [2.45, 2.75) is 32.6 Å². The normalized spacial score (nSPS) is 21.8. The summed E-state index contributed by atoms with van der Waals surface area (Å²) in [7, 11) is 1.63. The molecule has 0 aliphatic carbocycles. The topological polar surface area (TPSA) is 44.8 Å². The molecule has 5 nitrogen and oxygen atoms in total. The zero-order valence-corrected chi connectivity index (χ0v) is 14.9. The number of benzene rings is 1. The molecule has 1 aromatic carbocycles. The van der Waals surface area contributed by atoms with Crippen LogP contribution in [0.5, 0.6) is 5.75 Å². The predicted molar refractivity (Wildman–Crippen MR) is 96.7 cm³/mol. The lowest BCUT2D eigenvalue weighted by molar-refractivity contribution is 0.192. The fourth-order valence-electron chi connectivity index (χ4n) is 3.79. The standard InChI is InChI=1S/C19H29N3O2/c1-15-6-7-18(24-2)17(12-15)20-19(23)22-11-8-16(14-22)13-21-9-4-3-5-10-21/h6-7,12,16H,3-5,8-11,13-14H2,1-2H3,(H,20,23)/t16-/m0/s1. The third-order valence-corrected chi connectivity index (χ3v) is 5.13. The van der Waals surface area contributed by atoms with Crippen molar-refractivity contribution in [1.29, 1.82) is 0 Å². The second-order valence-electron chi connectivity index (χ2n) is 7.10. The maximum absolute atomic E-state index is 12.6. The summed E-state index contributed by atoms with van der Waals surface area (Å²) in [4.78, 5) is 17.1. The Balaban J connectivity index is 1.53. The van der Waals surface area contributed by atoms with Gasteiger partial charge in [-0.05, 0) is 62.9 Å². The molecule has 5 heteroatoms. The molecule has 2 amide bonds. The van der Waals surface area contributed by atoms with Gasteiger partial charge in [0.05, 0.1) is 12.8 Å². The van der Waals surface area contributed by atoms with Gasteiger partial charge >= 0.3 is 6.03 Å². The van der Waals surface area contributed by atoms with Crippen molar-refractivity contribution in [3.63, 3.8) is 0 Å². The average molecular weight is 331 g/mol. The Kier molecular flexibility index (Phi) is 5.61. The molecule has 1 N–H and O–H groups in total. The number of aryl methyl sites for hydroxylation is 1. The van der Waals surface area contributed by atoms with Gasteiger partial charge in [0.25, 0.3) is 0 Å². The molecule has 2 fully saturated rings. The molecule has 24 heavy (non-hydrogen) atoms. The third kappa shape index (κ3) is 4.20. The van der Waals surface area contributed by atoms with E-state index in [-0.39, 0.29) is 6.03 Å². The van der Waals surface area contributed by atoms with Crippen molar-refractivity contribution in [3.8, 4) is 5.75 Å². The number of carbonyl (C=O) groups is 1. The molecule has 0 saturated carbocycles. The van der Waals surface area contributed by atoms with Crippen LogP contribution in [0.4, 0.5) is 10.5 Å². The van der Waals surface area contributed by atoms with E-state index < -0.39 is 0 Å². The quantitative estimate of drug-likeness (QED) is 0.920. The van der Waals surface area contributed by atoms with Crippen molar-refractivity contribution in [2.24, 2.45) is 5.92 Å². The SMILES string of the molecule is COc1ccc(C)cc1NC(=O)N1CC[C@@H](CN2CCCCC2)C1. The summed E-state index contributed by atoms with van der Waals surface area (Å²) in [6.45, 7) is 7.30. The Morgan fingerprint density at radius 2 is 2.04 bits per heavy atom. The number of likely N-dealkylation sites (tertiary alicyclic amines) is 2. The van der Waals surface area contributed by atoms with Crippen LogP contribution in [0.1, 0.15) is 31.2 Å². The Labute approximate surface area is 145 Å². The molecule has 0 radical (unpaired) electrons. The summed E-state index contributed by atoms with van der Waals surface area (Å²) >= 11 is 0. The summed E-state index contributed by atoms with van der Waals surface area (Å²) in [6.07, 6.45) is 5.12. The number of hydrogen-bond donors (Lipinski definition) is 1. The van der Waals surface area contributed by atoms with Gasteiger partial charge in [-0.25, -0.2) is 4.79 Å². The van der Waals surface area contributed by atoms with Crippen LogP contribution in [0.2, 0.25) is 0 Å². The van der Waals surface area contributed by atoms with Crippen LogP contribution >= 0.6 is 0 Å². The van der Waals surface area contributed by atoms with E-state index in [1.54, 1.807) is 7.11 Å². The summed E-state index contributed by atoms with van der Waals surface area (Å²) in [5, 5.41) is 3.02. The van der Waals surface area contributed by atoms with Crippen LogP contribution in [-0.4, -0.2) is 55.7 Å². The van der Waals surface area contributed by atoms with E-state index in [1.165, 1.54) is 32.4 Å². The van der Waals surface area contributed by atoms with Crippen molar-refractivity contribution in [3.05, 3.63) is 23.8 Å². The van der Waals surface area contributed by atoms with E-state index in [0.717, 1.165) is 37.3 Å². The number of piperidine rings is 1. The van der Waals surface area contributed by atoms with Gasteiger partial charge in [0.15, 0.2) is 0 Å². The lowest BCUT2D eigenvalue weighted by Crippen LogP contribution is -2.37. The molecule has 0 aromatic heterocycles. The number of urea groups is 1. The van der Waals surface area contributed by atoms with Gasteiger partial charge in [-0.15, -0.1) is 0 Å². The number of ether oxygens (including phenoxy) is 1. The fraction of sp³-hybridized carbons (Fsp3) is 0.632. The number of hydrogen-bond acceptors (Lipinski definition) is 3. The van der Waals surface area contributed by atoms with Gasteiger partial charge in [-0.1, -0.05) is 12.5 Å². The Hall–Kier alpha value is -1.75. The highest BCUT2D eigenvalue weighted by Gasteiger charge is 2.28. The molecule has 0 bridgehead atoms. The zero-order chi connectivity index (χ0) is 16.9. The van der Waals surface area contributed by atoms with Gasteiger partial charge in [-0.2, -0.15) is 0 Å². The number of nitrogens with zero attached hydrogens (tertiary/aromatic N) is 2. The molecule has 0 spiro atoms. The van der Waals surface area contributed by atoms with E-state index in [4.69, 9.17) is 4.74 Å². The number of methoxy groups -OCH3 is 1. The van der Waals surface area contributed by atoms with Gasteiger partial charge in [0.2, 0.25) is 0 Å². The van der Waals surface area contributed by atoms with Crippen LogP contribution in [0.3, 0.4) is 0 Å². The highest BCUT2D eigenvalue weighted by Crippen LogP contribution is 2.27. The maximum atomic E-state index is 12.6. The molecule has 2 aliphatic heterocycles. The van der Waals surface area contributed by atoms with Crippen molar-refractivity contribution >= 4 is 11.7 Å².